The number of amides is 2. The molecule has 0 saturated heterocycles. The molecule has 122 valence electrons. The summed E-state index contributed by atoms with van der Waals surface area (Å²) in [6, 6.07) is 14.7. The number of benzene rings is 2. The van der Waals surface area contributed by atoms with E-state index in [-0.39, 0.29) is 12.1 Å². The van der Waals surface area contributed by atoms with E-state index < -0.39 is 0 Å². The number of para-hydroxylation sites is 2. The number of hydrogen-bond acceptors (Lipinski definition) is 2. The molecule has 2 aromatic carbocycles. The molecule has 2 rings (SSSR count). The first-order chi connectivity index (χ1) is 11.0. The Morgan fingerprint density at radius 3 is 2.52 bits per heavy atom. The van der Waals surface area contributed by atoms with E-state index in [0.717, 1.165) is 12.0 Å². The van der Waals surface area contributed by atoms with Gasteiger partial charge in [-0.2, -0.15) is 0 Å². The molecule has 4 nitrogen and oxygen atoms in total. The van der Waals surface area contributed by atoms with Crippen LogP contribution in [0.3, 0.4) is 0 Å². The third kappa shape index (κ3) is 5.83. The number of anilines is 1. The topological polar surface area (TPSA) is 50.4 Å². The van der Waals surface area contributed by atoms with Crippen molar-refractivity contribution in [2.75, 3.05) is 11.9 Å². The van der Waals surface area contributed by atoms with E-state index in [1.807, 2.05) is 62.4 Å². The quantitative estimate of drug-likeness (QED) is 0.818. The number of carbonyl (C=O) groups excluding carboxylic acids is 1. The number of rotatable bonds is 6. The number of ether oxygens (including phenoxy) is 1. The standard InChI is InChI=1S/C18H21ClN2O2/c1-13(2)23-17-6-4-3-5-16(17)21-18(22)20-12-11-14-7-9-15(19)10-8-14/h3-10,13H,11-12H2,1-2H3,(H2,20,21,22). The number of hydrogen-bond donors (Lipinski definition) is 2. The fraction of sp³-hybridized carbons (Fsp3) is 0.278. The summed E-state index contributed by atoms with van der Waals surface area (Å²) < 4.78 is 5.68. The van der Waals surface area contributed by atoms with Gasteiger partial charge >= 0.3 is 6.03 Å². The summed E-state index contributed by atoms with van der Waals surface area (Å²) in [5, 5.41) is 6.36. The van der Waals surface area contributed by atoms with Gasteiger partial charge in [-0.05, 0) is 50.1 Å². The number of nitrogens with one attached hydrogen (secondary N) is 2. The van der Waals surface area contributed by atoms with E-state index in [2.05, 4.69) is 10.6 Å². The van der Waals surface area contributed by atoms with Gasteiger partial charge in [-0.15, -0.1) is 0 Å². The maximum absolute atomic E-state index is 12.0. The molecule has 2 amide bonds. The minimum atomic E-state index is -0.251. The molecule has 0 aliphatic rings. The van der Waals surface area contributed by atoms with Crippen LogP contribution in [0.2, 0.25) is 5.02 Å². The van der Waals surface area contributed by atoms with Crippen molar-refractivity contribution in [2.24, 2.45) is 0 Å². The van der Waals surface area contributed by atoms with Crippen LogP contribution in [0.5, 0.6) is 5.75 Å². The highest BCUT2D eigenvalue weighted by Crippen LogP contribution is 2.24. The Balaban J connectivity index is 1.84. The largest absolute Gasteiger partial charge is 0.489 e. The van der Waals surface area contributed by atoms with Gasteiger partial charge in [0, 0.05) is 11.6 Å². The predicted octanol–water partition coefficient (Wildman–Crippen LogP) is 4.49. The molecule has 5 heteroatoms. The second-order valence-electron chi connectivity index (χ2n) is 5.42. The van der Waals surface area contributed by atoms with Crippen LogP contribution in [0.25, 0.3) is 0 Å². The summed E-state index contributed by atoms with van der Waals surface area (Å²) in [6.07, 6.45) is 0.792. The smallest absolute Gasteiger partial charge is 0.319 e. The summed E-state index contributed by atoms with van der Waals surface area (Å²) in [5.41, 5.74) is 1.78. The van der Waals surface area contributed by atoms with Gasteiger partial charge in [-0.3, -0.25) is 0 Å². The maximum Gasteiger partial charge on any atom is 0.319 e. The molecular formula is C18H21ClN2O2. The minimum Gasteiger partial charge on any atom is -0.489 e. The molecule has 0 spiro atoms. The minimum absolute atomic E-state index is 0.0471. The van der Waals surface area contributed by atoms with Crippen molar-refractivity contribution in [3.05, 3.63) is 59.1 Å². The lowest BCUT2D eigenvalue weighted by atomic mass is 10.1. The Bertz CT molecular complexity index is 642. The zero-order valence-corrected chi connectivity index (χ0v) is 14.1. The molecule has 0 unspecified atom stereocenters. The SMILES string of the molecule is CC(C)Oc1ccccc1NC(=O)NCCc1ccc(Cl)cc1. The van der Waals surface area contributed by atoms with Gasteiger partial charge in [0.2, 0.25) is 0 Å². The van der Waals surface area contributed by atoms with Crippen LogP contribution in [-0.4, -0.2) is 18.7 Å². The molecule has 0 aliphatic carbocycles. The second-order valence-corrected chi connectivity index (χ2v) is 5.86. The summed E-state index contributed by atoms with van der Waals surface area (Å²) in [7, 11) is 0. The van der Waals surface area contributed by atoms with Crippen molar-refractivity contribution in [2.45, 2.75) is 26.4 Å². The molecule has 2 N–H and O–H groups in total. The summed E-state index contributed by atoms with van der Waals surface area (Å²) in [5.74, 6) is 0.662. The van der Waals surface area contributed by atoms with E-state index in [1.165, 1.54) is 0 Å². The first-order valence-corrected chi connectivity index (χ1v) is 7.97. The molecule has 0 aliphatic heterocycles. The Morgan fingerprint density at radius 2 is 1.83 bits per heavy atom. The van der Waals surface area contributed by atoms with E-state index in [4.69, 9.17) is 16.3 Å². The first kappa shape index (κ1) is 17.2. The van der Waals surface area contributed by atoms with Crippen molar-refractivity contribution in [3.8, 4) is 5.75 Å². The molecule has 0 fully saturated rings. The van der Waals surface area contributed by atoms with Gasteiger partial charge in [0.25, 0.3) is 0 Å². The third-order valence-electron chi connectivity index (χ3n) is 3.11. The fourth-order valence-electron chi connectivity index (χ4n) is 2.06. The summed E-state index contributed by atoms with van der Waals surface area (Å²) in [4.78, 5) is 12.0. The van der Waals surface area contributed by atoms with Crippen molar-refractivity contribution >= 4 is 23.3 Å². The normalized spacial score (nSPS) is 10.4. The molecule has 23 heavy (non-hydrogen) atoms. The molecule has 0 atom stereocenters. The average Bonchev–Trinajstić information content (AvgIpc) is 2.51. The molecule has 2 aromatic rings. The molecular weight excluding hydrogens is 312 g/mol. The molecule has 0 saturated carbocycles. The first-order valence-electron chi connectivity index (χ1n) is 7.59. The highest BCUT2D eigenvalue weighted by molar-refractivity contribution is 6.30. The highest BCUT2D eigenvalue weighted by Gasteiger charge is 2.08. The van der Waals surface area contributed by atoms with E-state index >= 15 is 0 Å². The van der Waals surface area contributed by atoms with Gasteiger partial charge in [-0.25, -0.2) is 4.79 Å². The monoisotopic (exact) mass is 332 g/mol. The molecule has 0 bridgehead atoms. The Morgan fingerprint density at radius 1 is 1.13 bits per heavy atom. The Hall–Kier alpha value is -2.20. The lowest BCUT2D eigenvalue weighted by Crippen LogP contribution is -2.30. The number of urea groups is 1. The second kappa shape index (κ2) is 8.44. The van der Waals surface area contributed by atoms with Gasteiger partial charge < -0.3 is 15.4 Å². The number of carbonyl (C=O) groups is 1. The van der Waals surface area contributed by atoms with Crippen molar-refractivity contribution < 1.29 is 9.53 Å². The van der Waals surface area contributed by atoms with Gasteiger partial charge in [0.05, 0.1) is 11.8 Å². The average molecular weight is 333 g/mol. The summed E-state index contributed by atoms with van der Waals surface area (Å²) in [6.45, 7) is 4.44. The molecule has 0 aromatic heterocycles. The zero-order chi connectivity index (χ0) is 16.7. The van der Waals surface area contributed by atoms with E-state index in [9.17, 15) is 4.79 Å². The van der Waals surface area contributed by atoms with Crippen molar-refractivity contribution in [1.82, 2.24) is 5.32 Å². The third-order valence-corrected chi connectivity index (χ3v) is 3.36. The van der Waals surface area contributed by atoms with Gasteiger partial charge in [-0.1, -0.05) is 35.9 Å². The lowest BCUT2D eigenvalue weighted by molar-refractivity contribution is 0.241. The summed E-state index contributed by atoms with van der Waals surface area (Å²) >= 11 is 5.85. The van der Waals surface area contributed by atoms with Crippen LogP contribution in [0, 0.1) is 0 Å². The van der Waals surface area contributed by atoms with Crippen LogP contribution in [0.1, 0.15) is 19.4 Å². The van der Waals surface area contributed by atoms with Crippen molar-refractivity contribution in [3.63, 3.8) is 0 Å². The highest BCUT2D eigenvalue weighted by atomic mass is 35.5. The van der Waals surface area contributed by atoms with Crippen LogP contribution >= 0.6 is 11.6 Å². The van der Waals surface area contributed by atoms with E-state index in [0.29, 0.717) is 23.0 Å². The predicted molar refractivity (Wildman–Crippen MR) is 94.4 cm³/mol. The van der Waals surface area contributed by atoms with Crippen LogP contribution in [0.15, 0.2) is 48.5 Å². The van der Waals surface area contributed by atoms with Crippen LogP contribution in [0.4, 0.5) is 10.5 Å². The fourth-order valence-corrected chi connectivity index (χ4v) is 2.19. The van der Waals surface area contributed by atoms with Crippen molar-refractivity contribution in [1.29, 1.82) is 0 Å². The molecule has 0 heterocycles. The van der Waals surface area contributed by atoms with Crippen LogP contribution in [-0.2, 0) is 6.42 Å². The Kier molecular flexibility index (Phi) is 6.29. The zero-order valence-electron chi connectivity index (χ0n) is 13.3. The lowest BCUT2D eigenvalue weighted by Gasteiger charge is -2.15. The van der Waals surface area contributed by atoms with Crippen LogP contribution < -0.4 is 15.4 Å². The Labute approximate surface area is 141 Å². The van der Waals surface area contributed by atoms with Gasteiger partial charge in [0.1, 0.15) is 5.75 Å². The van der Waals surface area contributed by atoms with E-state index in [1.54, 1.807) is 0 Å². The number of halogens is 1. The molecule has 0 radical (unpaired) electrons. The van der Waals surface area contributed by atoms with Gasteiger partial charge in [0.15, 0.2) is 0 Å². The maximum atomic E-state index is 12.0.